The first-order valence-electron chi connectivity index (χ1n) is 7.27. The zero-order chi connectivity index (χ0) is 18.4. The van der Waals surface area contributed by atoms with Crippen LogP contribution in [0.5, 0.6) is 0 Å². The van der Waals surface area contributed by atoms with E-state index >= 15 is 0 Å². The molecule has 0 radical (unpaired) electrons. The second kappa shape index (κ2) is 5.87. The number of amides is 1. The number of H-pyrrole nitrogens is 1. The van der Waals surface area contributed by atoms with Gasteiger partial charge in [0, 0.05) is 23.1 Å². The molecule has 9 heteroatoms. The number of carbonyl (C=O) groups excluding carboxylic acids is 1. The molecule has 130 valence electrons. The van der Waals surface area contributed by atoms with Crippen LogP contribution in [-0.4, -0.2) is 37.4 Å². The van der Waals surface area contributed by atoms with E-state index in [1.807, 2.05) is 0 Å². The van der Waals surface area contributed by atoms with Crippen molar-refractivity contribution in [1.29, 1.82) is 0 Å². The number of carbonyl (C=O) groups is 2. The number of anilines is 1. The molecule has 1 aliphatic rings. The predicted octanol–water partition coefficient (Wildman–Crippen LogP) is 1.42. The van der Waals surface area contributed by atoms with Crippen LogP contribution in [-0.2, 0) is 14.8 Å². The minimum Gasteiger partial charge on any atom is -0.478 e. The van der Waals surface area contributed by atoms with Gasteiger partial charge in [-0.05, 0) is 43.8 Å². The minimum absolute atomic E-state index is 0.0329. The van der Waals surface area contributed by atoms with E-state index in [4.69, 9.17) is 5.11 Å². The molecule has 1 aromatic heterocycles. The van der Waals surface area contributed by atoms with Crippen molar-refractivity contribution in [1.82, 2.24) is 9.71 Å². The van der Waals surface area contributed by atoms with E-state index in [2.05, 4.69) is 15.0 Å². The van der Waals surface area contributed by atoms with Gasteiger partial charge in [0.1, 0.15) is 0 Å². The third-order valence-electron chi connectivity index (χ3n) is 4.05. The Hall–Kier alpha value is -2.91. The summed E-state index contributed by atoms with van der Waals surface area (Å²) in [5, 5.41) is 11.8. The van der Waals surface area contributed by atoms with Gasteiger partial charge in [-0.1, -0.05) is 0 Å². The molecule has 0 spiro atoms. The topological polar surface area (TPSA) is 128 Å². The van der Waals surface area contributed by atoms with Crippen LogP contribution in [0.4, 0.5) is 5.69 Å². The fourth-order valence-corrected chi connectivity index (χ4v) is 3.38. The molecule has 8 nitrogen and oxygen atoms in total. The molecule has 25 heavy (non-hydrogen) atoms. The van der Waals surface area contributed by atoms with E-state index in [1.54, 1.807) is 6.92 Å². The van der Waals surface area contributed by atoms with Crippen molar-refractivity contribution < 1.29 is 23.1 Å². The van der Waals surface area contributed by atoms with E-state index < -0.39 is 16.0 Å². The normalized spacial score (nSPS) is 15.3. The SMILES string of the molecule is CNS(=O)(=O)c1ccc2c(c1)C(=Cc1[nH]cc(C(=O)O)c1C)C(=O)N2. The maximum atomic E-state index is 12.2. The maximum absolute atomic E-state index is 12.2. The number of hydrogen-bond acceptors (Lipinski definition) is 4. The van der Waals surface area contributed by atoms with Gasteiger partial charge in [-0.3, -0.25) is 4.79 Å². The number of carboxylic acid groups (broad SMARTS) is 1. The van der Waals surface area contributed by atoms with E-state index in [9.17, 15) is 18.0 Å². The Morgan fingerprint density at radius 2 is 2.04 bits per heavy atom. The van der Waals surface area contributed by atoms with Crippen LogP contribution >= 0.6 is 0 Å². The Morgan fingerprint density at radius 3 is 2.64 bits per heavy atom. The number of carboxylic acids is 1. The van der Waals surface area contributed by atoms with Crippen molar-refractivity contribution in [3.05, 3.63) is 46.8 Å². The van der Waals surface area contributed by atoms with E-state index in [0.717, 1.165) is 0 Å². The molecule has 1 amide bonds. The highest BCUT2D eigenvalue weighted by Crippen LogP contribution is 2.35. The van der Waals surface area contributed by atoms with Crippen molar-refractivity contribution in [3.63, 3.8) is 0 Å². The second-order valence-corrected chi connectivity index (χ2v) is 7.36. The summed E-state index contributed by atoms with van der Waals surface area (Å²) < 4.78 is 26.2. The lowest BCUT2D eigenvalue weighted by atomic mass is 10.0. The molecule has 0 saturated carbocycles. The number of sulfonamides is 1. The summed E-state index contributed by atoms with van der Waals surface area (Å²) in [6.45, 7) is 1.63. The summed E-state index contributed by atoms with van der Waals surface area (Å²) in [4.78, 5) is 26.2. The van der Waals surface area contributed by atoms with Gasteiger partial charge in [-0.2, -0.15) is 0 Å². The number of benzene rings is 1. The molecule has 1 aromatic carbocycles. The van der Waals surface area contributed by atoms with Gasteiger partial charge in [0.15, 0.2) is 0 Å². The van der Waals surface area contributed by atoms with Gasteiger partial charge in [-0.25, -0.2) is 17.9 Å². The molecule has 3 rings (SSSR count). The number of nitrogens with one attached hydrogen (secondary N) is 3. The van der Waals surface area contributed by atoms with Crippen LogP contribution in [0.25, 0.3) is 11.6 Å². The van der Waals surface area contributed by atoms with Gasteiger partial charge >= 0.3 is 5.97 Å². The Labute approximate surface area is 143 Å². The molecule has 0 unspecified atom stereocenters. The molecular formula is C16H15N3O5S. The Balaban J connectivity index is 2.13. The van der Waals surface area contributed by atoms with Crippen LogP contribution in [0.2, 0.25) is 0 Å². The van der Waals surface area contributed by atoms with Crippen LogP contribution in [0, 0.1) is 6.92 Å². The predicted molar refractivity (Wildman–Crippen MR) is 91.7 cm³/mol. The standard InChI is InChI=1S/C16H15N3O5S/c1-8-12(16(21)22)7-18-14(8)6-11-10-5-9(25(23,24)17-2)3-4-13(10)19-15(11)20/h3-7,17-18H,1-2H3,(H,19,20)(H,21,22). The van der Waals surface area contributed by atoms with Crippen molar-refractivity contribution in [2.75, 3.05) is 12.4 Å². The summed E-state index contributed by atoms with van der Waals surface area (Å²) in [6.07, 6.45) is 2.86. The number of aromatic amines is 1. The van der Waals surface area contributed by atoms with Crippen LogP contribution in [0.1, 0.15) is 27.2 Å². The number of aromatic carboxylic acids is 1. The lowest BCUT2D eigenvalue weighted by Crippen LogP contribution is -2.18. The summed E-state index contributed by atoms with van der Waals surface area (Å²) in [5.41, 5.74) is 2.25. The monoisotopic (exact) mass is 361 g/mol. The van der Waals surface area contributed by atoms with Gasteiger partial charge in [0.25, 0.3) is 5.91 Å². The fourth-order valence-electron chi connectivity index (χ4n) is 2.62. The van der Waals surface area contributed by atoms with Crippen molar-refractivity contribution >= 4 is 39.2 Å². The van der Waals surface area contributed by atoms with Crippen molar-refractivity contribution in [2.45, 2.75) is 11.8 Å². The van der Waals surface area contributed by atoms with Gasteiger partial charge in [-0.15, -0.1) is 0 Å². The minimum atomic E-state index is -3.65. The van der Waals surface area contributed by atoms with E-state index in [0.29, 0.717) is 22.5 Å². The zero-order valence-electron chi connectivity index (χ0n) is 13.4. The quantitative estimate of drug-likeness (QED) is 0.612. The lowest BCUT2D eigenvalue weighted by Gasteiger charge is -2.05. The zero-order valence-corrected chi connectivity index (χ0v) is 14.2. The smallest absolute Gasteiger partial charge is 0.337 e. The summed E-state index contributed by atoms with van der Waals surface area (Å²) in [7, 11) is -2.35. The number of hydrogen-bond donors (Lipinski definition) is 4. The first kappa shape index (κ1) is 16.9. The van der Waals surface area contributed by atoms with Crippen LogP contribution in [0.3, 0.4) is 0 Å². The molecular weight excluding hydrogens is 346 g/mol. The second-order valence-electron chi connectivity index (χ2n) is 5.47. The van der Waals surface area contributed by atoms with Gasteiger partial charge in [0.2, 0.25) is 10.0 Å². The number of aromatic nitrogens is 1. The highest BCUT2D eigenvalue weighted by Gasteiger charge is 2.27. The van der Waals surface area contributed by atoms with E-state index in [1.165, 1.54) is 37.5 Å². The molecule has 0 fully saturated rings. The first-order chi connectivity index (χ1) is 11.7. The van der Waals surface area contributed by atoms with E-state index in [-0.39, 0.29) is 21.9 Å². The molecule has 0 saturated heterocycles. The average molecular weight is 361 g/mol. The largest absolute Gasteiger partial charge is 0.478 e. The van der Waals surface area contributed by atoms with Crippen molar-refractivity contribution in [3.8, 4) is 0 Å². The third kappa shape index (κ3) is 2.83. The van der Waals surface area contributed by atoms with Crippen molar-refractivity contribution in [2.24, 2.45) is 0 Å². The molecule has 4 N–H and O–H groups in total. The molecule has 2 heterocycles. The van der Waals surface area contributed by atoms with Gasteiger partial charge < -0.3 is 15.4 Å². The lowest BCUT2D eigenvalue weighted by molar-refractivity contribution is -0.110. The Kier molecular flexibility index (Phi) is 3.97. The molecule has 2 aromatic rings. The third-order valence-corrected chi connectivity index (χ3v) is 5.46. The maximum Gasteiger partial charge on any atom is 0.337 e. The average Bonchev–Trinajstić information content (AvgIpc) is 3.08. The number of rotatable bonds is 4. The summed E-state index contributed by atoms with van der Waals surface area (Å²) >= 11 is 0. The Bertz CT molecular complexity index is 1030. The molecule has 0 atom stereocenters. The number of fused-ring (bicyclic) bond motifs is 1. The molecule has 0 aliphatic carbocycles. The summed E-state index contributed by atoms with van der Waals surface area (Å²) in [5.74, 6) is -1.46. The highest BCUT2D eigenvalue weighted by molar-refractivity contribution is 7.89. The molecule has 1 aliphatic heterocycles. The Morgan fingerprint density at radius 1 is 1.32 bits per heavy atom. The molecule has 0 bridgehead atoms. The van der Waals surface area contributed by atoms with Gasteiger partial charge in [0.05, 0.1) is 16.0 Å². The van der Waals surface area contributed by atoms with Crippen LogP contribution < -0.4 is 10.0 Å². The first-order valence-corrected chi connectivity index (χ1v) is 8.75. The van der Waals surface area contributed by atoms with Crippen LogP contribution in [0.15, 0.2) is 29.3 Å². The fraction of sp³-hybridized carbons (Fsp3) is 0.125. The highest BCUT2D eigenvalue weighted by atomic mass is 32.2. The summed E-state index contributed by atoms with van der Waals surface area (Å²) in [6, 6.07) is 4.32.